The van der Waals surface area contributed by atoms with Gasteiger partial charge in [-0.3, -0.25) is 0 Å². The lowest BCUT2D eigenvalue weighted by Crippen LogP contribution is -2.04. The Bertz CT molecular complexity index is 875. The van der Waals surface area contributed by atoms with Gasteiger partial charge in [0.05, 0.1) is 6.04 Å². The molecule has 3 aromatic rings. The topological polar surface area (TPSA) is 42.2 Å². The zero-order valence-electron chi connectivity index (χ0n) is 13.2. The lowest BCUT2D eigenvalue weighted by Gasteiger charge is -2.16. The highest BCUT2D eigenvalue weighted by molar-refractivity contribution is 5.91. The third-order valence-corrected chi connectivity index (χ3v) is 4.21. The third-order valence-electron chi connectivity index (χ3n) is 4.21. The molecule has 3 nitrogen and oxygen atoms in total. The number of carboxylic acids is 1. The van der Waals surface area contributed by atoms with Crippen molar-refractivity contribution in [2.75, 3.05) is 0 Å². The van der Waals surface area contributed by atoms with Gasteiger partial charge in [0.25, 0.3) is 0 Å². The molecule has 1 N–H and O–H groups in total. The van der Waals surface area contributed by atoms with Crippen LogP contribution in [0.1, 0.15) is 31.0 Å². The van der Waals surface area contributed by atoms with Crippen LogP contribution in [-0.4, -0.2) is 15.6 Å². The molecule has 1 atom stereocenters. The maximum Gasteiger partial charge on any atom is 0.328 e. The summed E-state index contributed by atoms with van der Waals surface area (Å²) in [4.78, 5) is 10.8. The summed E-state index contributed by atoms with van der Waals surface area (Å²) in [5, 5.41) is 10.00. The fraction of sp³-hybridized carbons (Fsp3) is 0.150. The van der Waals surface area contributed by atoms with Crippen LogP contribution < -0.4 is 0 Å². The van der Waals surface area contributed by atoms with Crippen LogP contribution in [0.2, 0.25) is 0 Å². The molecule has 1 heterocycles. The van der Waals surface area contributed by atoms with Gasteiger partial charge in [-0.25, -0.2) is 4.79 Å². The molecule has 0 aliphatic rings. The van der Waals surface area contributed by atoms with E-state index in [1.54, 1.807) is 0 Å². The van der Waals surface area contributed by atoms with Crippen LogP contribution >= 0.6 is 0 Å². The zero-order valence-corrected chi connectivity index (χ0v) is 13.2. The molecule has 0 fully saturated rings. The van der Waals surface area contributed by atoms with E-state index in [4.69, 9.17) is 5.11 Å². The van der Waals surface area contributed by atoms with Gasteiger partial charge in [0.15, 0.2) is 0 Å². The van der Waals surface area contributed by atoms with E-state index in [1.165, 1.54) is 11.6 Å². The number of rotatable bonds is 4. The number of aromatic nitrogens is 1. The smallest absolute Gasteiger partial charge is 0.328 e. The fourth-order valence-corrected chi connectivity index (χ4v) is 2.91. The Morgan fingerprint density at radius 2 is 1.87 bits per heavy atom. The highest BCUT2D eigenvalue weighted by Crippen LogP contribution is 2.27. The van der Waals surface area contributed by atoms with Gasteiger partial charge < -0.3 is 9.67 Å². The molecule has 0 bridgehead atoms. The summed E-state index contributed by atoms with van der Waals surface area (Å²) < 4.78 is 2.24. The second-order valence-corrected chi connectivity index (χ2v) is 5.75. The van der Waals surface area contributed by atoms with Gasteiger partial charge in [-0.15, -0.1) is 0 Å². The number of allylic oxidation sites excluding steroid dienone is 1. The third kappa shape index (κ3) is 3.04. The number of aliphatic carboxylic acids is 1. The van der Waals surface area contributed by atoms with Gasteiger partial charge in [-0.05, 0) is 48.7 Å². The Kier molecular flexibility index (Phi) is 4.02. The monoisotopic (exact) mass is 305 g/mol. The van der Waals surface area contributed by atoms with Crippen LogP contribution in [0.25, 0.3) is 16.5 Å². The number of carbonyl (C=O) groups is 1. The van der Waals surface area contributed by atoms with E-state index in [9.17, 15) is 4.79 Å². The number of carboxylic acid groups (broad SMARTS) is 1. The lowest BCUT2D eigenvalue weighted by molar-refractivity contribution is -0.131. The SMILES string of the molecule is CC(=CC(=O)O)c1ccc2c(ccn2C(C)c2ccccc2)c1. The van der Waals surface area contributed by atoms with Gasteiger partial charge in [0, 0.05) is 23.2 Å². The maximum atomic E-state index is 10.8. The first-order valence-electron chi connectivity index (χ1n) is 7.63. The normalized spacial score (nSPS) is 13.2. The molecule has 0 amide bonds. The number of hydrogen-bond donors (Lipinski definition) is 1. The highest BCUT2D eigenvalue weighted by Gasteiger charge is 2.11. The molecule has 116 valence electrons. The van der Waals surface area contributed by atoms with Crippen LogP contribution in [0.5, 0.6) is 0 Å². The van der Waals surface area contributed by atoms with E-state index >= 15 is 0 Å². The molecule has 1 aromatic heterocycles. The number of hydrogen-bond acceptors (Lipinski definition) is 1. The second-order valence-electron chi connectivity index (χ2n) is 5.75. The van der Waals surface area contributed by atoms with Crippen LogP contribution in [-0.2, 0) is 4.79 Å². The van der Waals surface area contributed by atoms with Gasteiger partial charge in [0.1, 0.15) is 0 Å². The molecule has 3 heteroatoms. The molecule has 0 radical (unpaired) electrons. The second kappa shape index (κ2) is 6.13. The van der Waals surface area contributed by atoms with Crippen molar-refractivity contribution in [3.8, 4) is 0 Å². The first-order valence-corrected chi connectivity index (χ1v) is 7.63. The predicted molar refractivity (Wildman–Crippen MR) is 93.5 cm³/mol. The predicted octanol–water partition coefficient (Wildman–Crippen LogP) is 4.74. The molecule has 2 aromatic carbocycles. The van der Waals surface area contributed by atoms with E-state index in [0.29, 0.717) is 0 Å². The highest BCUT2D eigenvalue weighted by atomic mass is 16.4. The molecule has 1 unspecified atom stereocenters. The van der Waals surface area contributed by atoms with E-state index < -0.39 is 5.97 Å². The number of benzene rings is 2. The van der Waals surface area contributed by atoms with Crippen LogP contribution in [0, 0.1) is 0 Å². The van der Waals surface area contributed by atoms with Gasteiger partial charge in [-0.2, -0.15) is 0 Å². The Morgan fingerprint density at radius 1 is 1.13 bits per heavy atom. The van der Waals surface area contributed by atoms with Crippen molar-refractivity contribution >= 4 is 22.4 Å². The van der Waals surface area contributed by atoms with Crippen molar-refractivity contribution in [3.05, 3.63) is 78.0 Å². The van der Waals surface area contributed by atoms with Crippen molar-refractivity contribution in [3.63, 3.8) is 0 Å². The summed E-state index contributed by atoms with van der Waals surface area (Å²) in [6.45, 7) is 4.00. The van der Waals surface area contributed by atoms with E-state index in [-0.39, 0.29) is 6.04 Å². The standard InChI is InChI=1S/C20H19NO2/c1-14(12-20(22)23)17-8-9-19-18(13-17)10-11-21(19)15(2)16-6-4-3-5-7-16/h3-13,15H,1-2H3,(H,22,23). The van der Waals surface area contributed by atoms with Gasteiger partial charge in [-0.1, -0.05) is 36.4 Å². The first-order chi connectivity index (χ1) is 11.1. The molecule has 0 saturated heterocycles. The lowest BCUT2D eigenvalue weighted by atomic mass is 10.0. The maximum absolute atomic E-state index is 10.8. The van der Waals surface area contributed by atoms with E-state index in [0.717, 1.165) is 22.0 Å². The van der Waals surface area contributed by atoms with Crippen LogP contribution in [0.3, 0.4) is 0 Å². The van der Waals surface area contributed by atoms with Gasteiger partial charge >= 0.3 is 5.97 Å². The summed E-state index contributed by atoms with van der Waals surface area (Å²) in [5.41, 5.74) is 4.09. The molecule has 0 saturated carbocycles. The van der Waals surface area contributed by atoms with Crippen molar-refractivity contribution in [1.82, 2.24) is 4.57 Å². The average Bonchev–Trinajstić information content (AvgIpc) is 2.97. The molecule has 0 aliphatic carbocycles. The first kappa shape index (κ1) is 15.1. The summed E-state index contributed by atoms with van der Waals surface area (Å²) in [6.07, 6.45) is 3.33. The molecule has 3 rings (SSSR count). The van der Waals surface area contributed by atoms with Crippen LogP contribution in [0.15, 0.2) is 66.9 Å². The molecule has 0 spiro atoms. The molecule has 23 heavy (non-hydrogen) atoms. The zero-order chi connectivity index (χ0) is 16.4. The minimum atomic E-state index is -0.919. The quantitative estimate of drug-likeness (QED) is 0.707. The fourth-order valence-electron chi connectivity index (χ4n) is 2.91. The minimum Gasteiger partial charge on any atom is -0.478 e. The van der Waals surface area contributed by atoms with Crippen molar-refractivity contribution in [2.45, 2.75) is 19.9 Å². The summed E-state index contributed by atoms with van der Waals surface area (Å²) in [6, 6.07) is 18.8. The van der Waals surface area contributed by atoms with E-state index in [1.807, 2.05) is 25.1 Å². The van der Waals surface area contributed by atoms with Crippen molar-refractivity contribution in [2.24, 2.45) is 0 Å². The number of fused-ring (bicyclic) bond motifs is 1. The largest absolute Gasteiger partial charge is 0.478 e. The Morgan fingerprint density at radius 3 is 2.57 bits per heavy atom. The van der Waals surface area contributed by atoms with Crippen molar-refractivity contribution in [1.29, 1.82) is 0 Å². The molecular weight excluding hydrogens is 286 g/mol. The summed E-state index contributed by atoms with van der Waals surface area (Å²) in [5.74, 6) is -0.919. The Labute approximate surface area is 135 Å². The van der Waals surface area contributed by atoms with Gasteiger partial charge in [0.2, 0.25) is 0 Å². The minimum absolute atomic E-state index is 0.246. The average molecular weight is 305 g/mol. The molecule has 0 aliphatic heterocycles. The molecular formula is C20H19NO2. The van der Waals surface area contributed by atoms with E-state index in [2.05, 4.69) is 54.1 Å². The van der Waals surface area contributed by atoms with Crippen molar-refractivity contribution < 1.29 is 9.90 Å². The summed E-state index contributed by atoms with van der Waals surface area (Å²) >= 11 is 0. The summed E-state index contributed by atoms with van der Waals surface area (Å²) in [7, 11) is 0. The Balaban J connectivity index is 2.01. The number of nitrogens with zero attached hydrogens (tertiary/aromatic N) is 1. The van der Waals surface area contributed by atoms with Crippen LogP contribution in [0.4, 0.5) is 0 Å². The Hall–Kier alpha value is -2.81.